The van der Waals surface area contributed by atoms with Crippen LogP contribution in [0, 0.1) is 0 Å². The monoisotopic (exact) mass is 620 g/mol. The highest BCUT2D eigenvalue weighted by Gasteiger charge is 2.56. The highest BCUT2D eigenvalue weighted by atomic mass is 32.2. The van der Waals surface area contributed by atoms with Crippen molar-refractivity contribution in [3.05, 3.63) is 94.1 Å². The summed E-state index contributed by atoms with van der Waals surface area (Å²) in [6, 6.07) is 17.7. The molecule has 1 fully saturated rings. The summed E-state index contributed by atoms with van der Waals surface area (Å²) in [5.41, 5.74) is 7.81. The molecule has 0 aliphatic carbocycles. The molecule has 3 N–H and O–H groups in total. The maximum atomic E-state index is 14.0. The van der Waals surface area contributed by atoms with Gasteiger partial charge in [0.25, 0.3) is 11.8 Å². The average molecular weight is 621 g/mol. The Morgan fingerprint density at radius 3 is 2.28 bits per heavy atom. The van der Waals surface area contributed by atoms with Crippen molar-refractivity contribution in [2.75, 3.05) is 20.0 Å². The molecule has 0 spiro atoms. The van der Waals surface area contributed by atoms with Crippen molar-refractivity contribution in [3.63, 3.8) is 0 Å². The fourth-order valence-electron chi connectivity index (χ4n) is 4.73. The van der Waals surface area contributed by atoms with Gasteiger partial charge in [-0.2, -0.15) is 0 Å². The molecule has 1 aromatic heterocycles. The number of benzene rings is 2. The van der Waals surface area contributed by atoms with E-state index in [2.05, 4.69) is 20.6 Å². The number of carbonyl (C=O) groups is 3. The summed E-state index contributed by atoms with van der Waals surface area (Å²) in [6.07, 6.45) is 0.663. The molecule has 3 heterocycles. The number of nitrogen functional groups attached to an aromatic ring is 1. The second-order valence-electron chi connectivity index (χ2n) is 9.35. The summed E-state index contributed by atoms with van der Waals surface area (Å²) in [4.78, 5) is 55.9. The normalized spacial score (nSPS) is 20.1. The Labute approximate surface area is 255 Å². The van der Waals surface area contributed by atoms with E-state index in [-0.39, 0.29) is 27.5 Å². The van der Waals surface area contributed by atoms with E-state index in [4.69, 9.17) is 20.1 Å². The van der Waals surface area contributed by atoms with Crippen LogP contribution in [0.25, 0.3) is 0 Å². The largest absolute Gasteiger partial charge is 0.448 e. The van der Waals surface area contributed by atoms with Gasteiger partial charge >= 0.3 is 5.97 Å². The van der Waals surface area contributed by atoms with Crippen molar-refractivity contribution in [3.8, 4) is 0 Å². The summed E-state index contributed by atoms with van der Waals surface area (Å²) in [7, 11) is 2.68. The highest BCUT2D eigenvalue weighted by molar-refractivity contribution is 8.00. The SMILES string of the molecule is CON=CC1=C(C(=O)OC(c2ccccc2)c2ccccc2)N2C(=O)C(NC(=O)C(=NOC)c3csc(N)n3)[C@@H]2S[C@@H]1C. The zero-order chi connectivity index (χ0) is 30.5. The van der Waals surface area contributed by atoms with E-state index in [1.165, 1.54) is 37.1 Å². The molecule has 5 rings (SSSR count). The zero-order valence-electron chi connectivity index (χ0n) is 23.4. The van der Waals surface area contributed by atoms with Crippen LogP contribution in [0.15, 0.2) is 87.6 Å². The van der Waals surface area contributed by atoms with Gasteiger partial charge < -0.3 is 25.5 Å². The number of ether oxygens (including phenoxy) is 1. The number of anilines is 1. The molecule has 1 saturated heterocycles. The molecule has 0 radical (unpaired) electrons. The van der Waals surface area contributed by atoms with Crippen LogP contribution in [0.2, 0.25) is 0 Å². The number of carbonyl (C=O) groups excluding carboxylic acids is 3. The molecule has 2 aliphatic heterocycles. The maximum absolute atomic E-state index is 14.0. The van der Waals surface area contributed by atoms with Crippen LogP contribution in [0.1, 0.15) is 29.8 Å². The smallest absolute Gasteiger partial charge is 0.356 e. The first kappa shape index (κ1) is 29.8. The lowest BCUT2D eigenvalue weighted by molar-refractivity contribution is -0.154. The third-order valence-electron chi connectivity index (χ3n) is 6.71. The number of nitrogens with two attached hydrogens (primary N) is 1. The van der Waals surface area contributed by atoms with E-state index < -0.39 is 35.3 Å². The molecule has 222 valence electrons. The summed E-state index contributed by atoms with van der Waals surface area (Å²) in [5, 5.41) is 11.3. The molecule has 2 aromatic carbocycles. The van der Waals surface area contributed by atoms with Crippen molar-refractivity contribution in [2.45, 2.75) is 29.7 Å². The number of rotatable bonds is 10. The number of thiazole rings is 1. The first-order valence-corrected chi connectivity index (χ1v) is 14.9. The van der Waals surface area contributed by atoms with Gasteiger partial charge in [0.15, 0.2) is 16.9 Å². The predicted molar refractivity (Wildman–Crippen MR) is 163 cm³/mol. The van der Waals surface area contributed by atoms with Gasteiger partial charge in [-0.25, -0.2) is 9.78 Å². The summed E-state index contributed by atoms with van der Waals surface area (Å²) >= 11 is 2.52. The number of oxime groups is 2. The lowest BCUT2D eigenvalue weighted by atomic mass is 9.99. The van der Waals surface area contributed by atoms with Crippen molar-refractivity contribution >= 4 is 57.9 Å². The quantitative estimate of drug-likeness (QED) is 0.150. The third kappa shape index (κ3) is 6.10. The highest BCUT2D eigenvalue weighted by Crippen LogP contribution is 2.44. The number of hydrogen-bond acceptors (Lipinski definition) is 12. The summed E-state index contributed by atoms with van der Waals surface area (Å²) < 4.78 is 6.12. The van der Waals surface area contributed by atoms with Crippen molar-refractivity contribution in [2.24, 2.45) is 10.3 Å². The summed E-state index contributed by atoms with van der Waals surface area (Å²) in [5.74, 6) is -1.89. The number of fused-ring (bicyclic) bond motifs is 1. The Kier molecular flexibility index (Phi) is 9.07. The first-order valence-electron chi connectivity index (χ1n) is 13.1. The van der Waals surface area contributed by atoms with E-state index in [1.807, 2.05) is 67.6 Å². The van der Waals surface area contributed by atoms with Crippen LogP contribution in [0.3, 0.4) is 0 Å². The van der Waals surface area contributed by atoms with Crippen LogP contribution in [0.4, 0.5) is 5.13 Å². The van der Waals surface area contributed by atoms with Gasteiger partial charge in [0.2, 0.25) is 0 Å². The van der Waals surface area contributed by atoms with Gasteiger partial charge in [-0.3, -0.25) is 14.5 Å². The molecule has 3 atom stereocenters. The van der Waals surface area contributed by atoms with Crippen LogP contribution in [-0.4, -0.2) is 70.5 Å². The van der Waals surface area contributed by atoms with E-state index >= 15 is 0 Å². The van der Waals surface area contributed by atoms with Crippen molar-refractivity contribution < 1.29 is 28.8 Å². The van der Waals surface area contributed by atoms with Crippen LogP contribution in [0.5, 0.6) is 0 Å². The fourth-order valence-corrected chi connectivity index (χ4v) is 6.69. The Balaban J connectivity index is 1.45. The minimum atomic E-state index is -0.958. The Hall–Kier alpha value is -4.69. The van der Waals surface area contributed by atoms with E-state index in [0.717, 1.165) is 22.5 Å². The van der Waals surface area contributed by atoms with Crippen molar-refractivity contribution in [1.29, 1.82) is 0 Å². The minimum absolute atomic E-state index is 0.0301. The van der Waals surface area contributed by atoms with Crippen LogP contribution >= 0.6 is 23.1 Å². The molecular weight excluding hydrogens is 592 g/mol. The molecule has 2 amide bonds. The Bertz CT molecular complexity index is 1550. The van der Waals surface area contributed by atoms with E-state index in [1.54, 1.807) is 5.38 Å². The number of β-lactam (4-membered cyclic amide) rings is 1. The van der Waals surface area contributed by atoms with Gasteiger partial charge in [0.1, 0.15) is 37.0 Å². The molecule has 2 aliphatic rings. The number of hydrogen-bond donors (Lipinski definition) is 2. The van der Waals surface area contributed by atoms with Crippen LogP contribution in [-0.2, 0) is 28.8 Å². The second-order valence-corrected chi connectivity index (χ2v) is 11.7. The lowest BCUT2D eigenvalue weighted by Crippen LogP contribution is -2.71. The van der Waals surface area contributed by atoms with Crippen molar-refractivity contribution in [1.82, 2.24) is 15.2 Å². The third-order valence-corrected chi connectivity index (χ3v) is 8.81. The minimum Gasteiger partial charge on any atom is -0.448 e. The standard InChI is InChI=1S/C29H28N6O6S2/c1-16-19(14-31-39-2)23(28(38)41-24(17-10-6-4-7-11-17)18-12-8-5-9-13-18)35-26(37)22(27(35)43-16)33-25(36)21(34-40-3)20-15-42-29(30)32-20/h4-16,22,24,27H,1-3H3,(H2,30,32)(H,33,36)/t16-,22?,27+/m1/s1. The first-order chi connectivity index (χ1) is 20.8. The Morgan fingerprint density at radius 1 is 1.07 bits per heavy atom. The van der Waals surface area contributed by atoms with Crippen LogP contribution < -0.4 is 11.1 Å². The van der Waals surface area contributed by atoms with Gasteiger partial charge in [-0.05, 0) is 18.1 Å². The molecule has 3 aromatic rings. The van der Waals surface area contributed by atoms with E-state index in [0.29, 0.717) is 5.57 Å². The second kappa shape index (κ2) is 13.1. The fraction of sp³-hybridized carbons (Fsp3) is 0.241. The van der Waals surface area contributed by atoms with E-state index in [9.17, 15) is 14.4 Å². The van der Waals surface area contributed by atoms with Gasteiger partial charge in [0, 0.05) is 16.2 Å². The maximum Gasteiger partial charge on any atom is 0.356 e. The molecular formula is C29H28N6O6S2. The van der Waals surface area contributed by atoms with Gasteiger partial charge in [-0.1, -0.05) is 71.0 Å². The molecule has 0 bridgehead atoms. The molecule has 0 saturated carbocycles. The topological polar surface area (TPSA) is 158 Å². The molecule has 12 nitrogen and oxygen atoms in total. The number of amides is 2. The number of esters is 1. The lowest BCUT2D eigenvalue weighted by Gasteiger charge is -2.50. The Morgan fingerprint density at radius 2 is 1.72 bits per heavy atom. The average Bonchev–Trinajstić information content (AvgIpc) is 3.46. The molecule has 14 heteroatoms. The number of thioether (sulfide) groups is 1. The number of nitrogens with one attached hydrogen (secondary N) is 1. The molecule has 43 heavy (non-hydrogen) atoms. The summed E-state index contributed by atoms with van der Waals surface area (Å²) in [6.45, 7) is 1.87. The number of nitrogens with zero attached hydrogens (tertiary/aromatic N) is 4. The zero-order valence-corrected chi connectivity index (χ0v) is 25.0. The molecule has 1 unspecified atom stereocenters. The van der Waals surface area contributed by atoms with Gasteiger partial charge in [0.05, 0.1) is 6.21 Å². The number of aromatic nitrogens is 1. The van der Waals surface area contributed by atoms with Gasteiger partial charge in [-0.15, -0.1) is 23.1 Å². The predicted octanol–water partition coefficient (Wildman–Crippen LogP) is 3.08.